The first-order valence-electron chi connectivity index (χ1n) is 9.74. The van der Waals surface area contributed by atoms with E-state index in [9.17, 15) is 4.79 Å². The van der Waals surface area contributed by atoms with E-state index in [1.165, 1.54) is 5.56 Å². The van der Waals surface area contributed by atoms with Crippen LogP contribution in [0.3, 0.4) is 0 Å². The number of carbonyl (C=O) groups is 1. The largest absolute Gasteiger partial charge is 0.426 e. The third kappa shape index (κ3) is 4.06. The van der Waals surface area contributed by atoms with E-state index < -0.39 is 5.41 Å². The van der Waals surface area contributed by atoms with Crippen molar-refractivity contribution in [1.82, 2.24) is 9.55 Å². The lowest BCUT2D eigenvalue weighted by atomic mass is 9.97. The Morgan fingerprint density at radius 1 is 0.897 bits per heavy atom. The van der Waals surface area contributed by atoms with Gasteiger partial charge in [-0.25, -0.2) is 4.98 Å². The van der Waals surface area contributed by atoms with E-state index in [-0.39, 0.29) is 5.97 Å². The second-order valence-electron chi connectivity index (χ2n) is 8.16. The van der Waals surface area contributed by atoms with Crippen molar-refractivity contribution in [2.24, 2.45) is 5.41 Å². The molecule has 1 heterocycles. The fraction of sp³-hybridized carbons (Fsp3) is 0.200. The number of rotatable bonds is 4. The predicted octanol–water partition coefficient (Wildman–Crippen LogP) is 5.70. The first kappa shape index (κ1) is 18.9. The maximum absolute atomic E-state index is 12.1. The summed E-state index contributed by atoms with van der Waals surface area (Å²) in [6.07, 6.45) is 0. The zero-order valence-corrected chi connectivity index (χ0v) is 16.9. The average molecular weight is 384 g/mol. The zero-order chi connectivity index (χ0) is 20.4. The molecule has 0 amide bonds. The lowest BCUT2D eigenvalue weighted by Crippen LogP contribution is -2.25. The fourth-order valence-electron chi connectivity index (χ4n) is 3.15. The van der Waals surface area contributed by atoms with Crippen molar-refractivity contribution in [3.8, 4) is 17.1 Å². The van der Waals surface area contributed by atoms with Gasteiger partial charge < -0.3 is 9.30 Å². The first-order chi connectivity index (χ1) is 13.9. The van der Waals surface area contributed by atoms with E-state index in [0.717, 1.165) is 29.0 Å². The molecule has 3 aromatic carbocycles. The van der Waals surface area contributed by atoms with Crippen LogP contribution < -0.4 is 4.74 Å². The molecule has 4 rings (SSSR count). The van der Waals surface area contributed by atoms with Gasteiger partial charge in [0.1, 0.15) is 11.6 Å². The highest BCUT2D eigenvalue weighted by Gasteiger charge is 2.23. The molecular weight excluding hydrogens is 360 g/mol. The van der Waals surface area contributed by atoms with E-state index in [1.54, 1.807) is 0 Å². The van der Waals surface area contributed by atoms with Crippen molar-refractivity contribution in [2.75, 3.05) is 0 Å². The number of fused-ring (bicyclic) bond motifs is 1. The Bertz CT molecular complexity index is 1140. The Morgan fingerprint density at radius 2 is 1.55 bits per heavy atom. The number of imidazole rings is 1. The zero-order valence-electron chi connectivity index (χ0n) is 16.9. The molecule has 146 valence electrons. The van der Waals surface area contributed by atoms with Crippen LogP contribution in [0.4, 0.5) is 0 Å². The molecule has 0 atom stereocenters. The van der Waals surface area contributed by atoms with Crippen LogP contribution in [0.15, 0.2) is 78.9 Å². The number of ether oxygens (including phenoxy) is 1. The summed E-state index contributed by atoms with van der Waals surface area (Å²) in [7, 11) is 0. The Kier molecular flexibility index (Phi) is 4.93. The maximum atomic E-state index is 12.1. The van der Waals surface area contributed by atoms with Gasteiger partial charge in [0.05, 0.1) is 16.4 Å². The molecule has 0 saturated carbocycles. The van der Waals surface area contributed by atoms with Crippen molar-refractivity contribution in [3.05, 3.63) is 84.4 Å². The van der Waals surface area contributed by atoms with Crippen LogP contribution in [-0.4, -0.2) is 15.5 Å². The minimum atomic E-state index is -0.539. The summed E-state index contributed by atoms with van der Waals surface area (Å²) >= 11 is 0. The molecule has 0 aliphatic rings. The Hall–Kier alpha value is -3.40. The van der Waals surface area contributed by atoms with E-state index in [0.29, 0.717) is 5.75 Å². The standard InChI is InChI=1S/C25H24N2O2/c1-25(2,3)24(28)29-20-15-13-19(14-16-20)23-26-21-11-7-8-12-22(21)27(23)17-18-9-5-4-6-10-18/h4-16H,17H2,1-3H3. The Balaban J connectivity index is 1.70. The number of nitrogens with zero attached hydrogens (tertiary/aromatic N) is 2. The van der Waals surface area contributed by atoms with E-state index >= 15 is 0 Å². The minimum Gasteiger partial charge on any atom is -0.426 e. The molecule has 0 fully saturated rings. The summed E-state index contributed by atoms with van der Waals surface area (Å²) in [5.41, 5.74) is 3.71. The smallest absolute Gasteiger partial charge is 0.316 e. The van der Waals surface area contributed by atoms with Gasteiger partial charge >= 0.3 is 5.97 Å². The van der Waals surface area contributed by atoms with Crippen LogP contribution in [0, 0.1) is 5.41 Å². The highest BCUT2D eigenvalue weighted by molar-refractivity contribution is 5.81. The third-order valence-electron chi connectivity index (χ3n) is 4.77. The molecule has 0 unspecified atom stereocenters. The van der Waals surface area contributed by atoms with Gasteiger partial charge in [-0.2, -0.15) is 0 Å². The van der Waals surface area contributed by atoms with Gasteiger partial charge in [-0.05, 0) is 62.7 Å². The second kappa shape index (κ2) is 7.55. The number of hydrogen-bond acceptors (Lipinski definition) is 3. The third-order valence-corrected chi connectivity index (χ3v) is 4.77. The fourth-order valence-corrected chi connectivity index (χ4v) is 3.15. The molecule has 4 aromatic rings. The van der Waals surface area contributed by atoms with Gasteiger partial charge in [0.15, 0.2) is 0 Å². The number of benzene rings is 3. The van der Waals surface area contributed by atoms with Crippen LogP contribution >= 0.6 is 0 Å². The highest BCUT2D eigenvalue weighted by Crippen LogP contribution is 2.28. The van der Waals surface area contributed by atoms with Crippen LogP contribution in [0.2, 0.25) is 0 Å². The number of carbonyl (C=O) groups excluding carboxylic acids is 1. The Morgan fingerprint density at radius 3 is 2.24 bits per heavy atom. The second-order valence-corrected chi connectivity index (χ2v) is 8.16. The van der Waals surface area contributed by atoms with Crippen molar-refractivity contribution in [1.29, 1.82) is 0 Å². The van der Waals surface area contributed by atoms with Gasteiger partial charge in [0, 0.05) is 12.1 Å². The van der Waals surface area contributed by atoms with Crippen LogP contribution in [0.1, 0.15) is 26.3 Å². The van der Waals surface area contributed by atoms with Crippen LogP contribution in [0.25, 0.3) is 22.4 Å². The Labute approximate surface area is 170 Å². The maximum Gasteiger partial charge on any atom is 0.316 e. The van der Waals surface area contributed by atoms with Crippen LogP contribution in [-0.2, 0) is 11.3 Å². The number of para-hydroxylation sites is 2. The molecule has 0 aliphatic heterocycles. The van der Waals surface area contributed by atoms with E-state index in [1.807, 2.05) is 81.4 Å². The monoisotopic (exact) mass is 384 g/mol. The average Bonchev–Trinajstić information content (AvgIpc) is 3.07. The molecular formula is C25H24N2O2. The molecule has 1 aromatic heterocycles. The predicted molar refractivity (Wildman–Crippen MR) is 116 cm³/mol. The molecule has 29 heavy (non-hydrogen) atoms. The summed E-state index contributed by atoms with van der Waals surface area (Å²) in [6, 6.07) is 26.1. The molecule has 4 heteroatoms. The highest BCUT2D eigenvalue weighted by atomic mass is 16.5. The lowest BCUT2D eigenvalue weighted by molar-refractivity contribution is -0.142. The number of aromatic nitrogens is 2. The molecule has 0 radical (unpaired) electrons. The summed E-state index contributed by atoms with van der Waals surface area (Å²) in [5.74, 6) is 1.18. The van der Waals surface area contributed by atoms with Crippen molar-refractivity contribution in [3.63, 3.8) is 0 Å². The van der Waals surface area contributed by atoms with Gasteiger partial charge in [-0.3, -0.25) is 4.79 Å². The SMILES string of the molecule is CC(C)(C)C(=O)Oc1ccc(-c2nc3ccccc3n2Cc2ccccc2)cc1. The number of hydrogen-bond donors (Lipinski definition) is 0. The lowest BCUT2D eigenvalue weighted by Gasteiger charge is -2.16. The minimum absolute atomic E-state index is 0.249. The summed E-state index contributed by atoms with van der Waals surface area (Å²) in [5, 5.41) is 0. The van der Waals surface area contributed by atoms with Crippen molar-refractivity contribution in [2.45, 2.75) is 27.3 Å². The summed E-state index contributed by atoms with van der Waals surface area (Å²) in [6.45, 7) is 6.26. The molecule has 0 bridgehead atoms. The molecule has 4 nitrogen and oxygen atoms in total. The molecule has 0 saturated heterocycles. The molecule has 0 spiro atoms. The summed E-state index contributed by atoms with van der Waals surface area (Å²) < 4.78 is 7.71. The summed E-state index contributed by atoms with van der Waals surface area (Å²) in [4.78, 5) is 17.0. The van der Waals surface area contributed by atoms with E-state index in [4.69, 9.17) is 9.72 Å². The van der Waals surface area contributed by atoms with Crippen LogP contribution in [0.5, 0.6) is 5.75 Å². The van der Waals surface area contributed by atoms with Crippen molar-refractivity contribution < 1.29 is 9.53 Å². The molecule has 0 N–H and O–H groups in total. The van der Waals surface area contributed by atoms with Crippen molar-refractivity contribution >= 4 is 17.0 Å². The van der Waals surface area contributed by atoms with Gasteiger partial charge in [0.2, 0.25) is 0 Å². The van der Waals surface area contributed by atoms with E-state index in [2.05, 4.69) is 22.8 Å². The number of esters is 1. The topological polar surface area (TPSA) is 44.1 Å². The quantitative estimate of drug-likeness (QED) is 0.335. The normalized spacial score (nSPS) is 11.6. The van der Waals surface area contributed by atoms with Gasteiger partial charge in [0.25, 0.3) is 0 Å². The van der Waals surface area contributed by atoms with Gasteiger partial charge in [-0.15, -0.1) is 0 Å². The molecule has 0 aliphatic carbocycles. The first-order valence-corrected chi connectivity index (χ1v) is 9.74. The van der Waals surface area contributed by atoms with Gasteiger partial charge in [-0.1, -0.05) is 42.5 Å².